The summed E-state index contributed by atoms with van der Waals surface area (Å²) >= 11 is 0. The van der Waals surface area contributed by atoms with Crippen molar-refractivity contribution in [2.75, 3.05) is 80.5 Å². The zero-order valence-corrected chi connectivity index (χ0v) is 15.4. The minimum atomic E-state index is 1.15. The van der Waals surface area contributed by atoms with Gasteiger partial charge >= 0.3 is 0 Å². The van der Waals surface area contributed by atoms with Crippen LogP contribution in [0, 0.1) is 0 Å². The van der Waals surface area contributed by atoms with Crippen LogP contribution in [0.5, 0.6) is 0 Å². The van der Waals surface area contributed by atoms with E-state index in [-0.39, 0.29) is 0 Å². The average molecular weight is 289 g/mol. The monoisotopic (exact) mass is 288 g/mol. The minimum absolute atomic E-state index is 1.15. The maximum Gasteiger partial charge on any atom is 0.0109 e. The molecule has 0 saturated heterocycles. The maximum absolute atomic E-state index is 2.47. The van der Waals surface area contributed by atoms with Crippen LogP contribution in [-0.2, 0) is 0 Å². The highest BCUT2D eigenvalue weighted by molar-refractivity contribution is 4.58. The van der Waals surface area contributed by atoms with Crippen LogP contribution in [0.1, 0.15) is 27.7 Å². The third-order valence-electron chi connectivity index (χ3n) is 3.52. The van der Waals surface area contributed by atoms with Crippen LogP contribution in [0.15, 0.2) is 0 Å². The number of rotatable bonds is 10. The Kier molecular flexibility index (Phi) is 16.9. The number of hydrogen-bond acceptors (Lipinski definition) is 4. The molecule has 0 amide bonds. The van der Waals surface area contributed by atoms with Gasteiger partial charge < -0.3 is 19.6 Å². The topological polar surface area (TPSA) is 13.0 Å². The van der Waals surface area contributed by atoms with Gasteiger partial charge in [0.2, 0.25) is 0 Å². The van der Waals surface area contributed by atoms with Gasteiger partial charge in [-0.3, -0.25) is 0 Å². The van der Waals surface area contributed by atoms with E-state index in [0.717, 1.165) is 13.1 Å². The first-order valence-electron chi connectivity index (χ1n) is 8.15. The second-order valence-corrected chi connectivity index (χ2v) is 5.66. The van der Waals surface area contributed by atoms with Gasteiger partial charge in [-0.1, -0.05) is 27.7 Å². The van der Waals surface area contributed by atoms with Crippen LogP contribution >= 0.6 is 0 Å². The van der Waals surface area contributed by atoms with E-state index in [1.807, 2.05) is 0 Å². The molecule has 0 aliphatic carbocycles. The van der Waals surface area contributed by atoms with Gasteiger partial charge in [-0.25, -0.2) is 0 Å². The van der Waals surface area contributed by atoms with Crippen LogP contribution in [-0.4, -0.2) is 100 Å². The van der Waals surface area contributed by atoms with Crippen LogP contribution in [0.4, 0.5) is 0 Å². The second-order valence-electron chi connectivity index (χ2n) is 5.66. The first-order chi connectivity index (χ1) is 9.40. The van der Waals surface area contributed by atoms with E-state index >= 15 is 0 Å². The van der Waals surface area contributed by atoms with Crippen molar-refractivity contribution >= 4 is 0 Å². The van der Waals surface area contributed by atoms with Gasteiger partial charge in [0.15, 0.2) is 0 Å². The summed E-state index contributed by atoms with van der Waals surface area (Å²) in [6, 6.07) is 0. The van der Waals surface area contributed by atoms with Gasteiger partial charge in [0.1, 0.15) is 0 Å². The molecule has 0 unspecified atom stereocenters. The molecule has 0 aromatic rings. The molecule has 0 bridgehead atoms. The van der Waals surface area contributed by atoms with Crippen molar-refractivity contribution in [2.24, 2.45) is 0 Å². The van der Waals surface area contributed by atoms with E-state index in [9.17, 15) is 0 Å². The molecule has 0 aliphatic heterocycles. The predicted octanol–water partition coefficient (Wildman–Crippen LogP) is 1.78. The molecule has 4 heteroatoms. The maximum atomic E-state index is 2.47. The van der Waals surface area contributed by atoms with E-state index in [1.165, 1.54) is 39.3 Å². The minimum Gasteiger partial charge on any atom is -0.308 e. The highest BCUT2D eigenvalue weighted by Crippen LogP contribution is 1.91. The van der Waals surface area contributed by atoms with Crippen LogP contribution in [0.2, 0.25) is 0 Å². The van der Waals surface area contributed by atoms with Gasteiger partial charge in [0, 0.05) is 26.2 Å². The highest BCUT2D eigenvalue weighted by Gasteiger charge is 2.02. The van der Waals surface area contributed by atoms with Crippen LogP contribution in [0.25, 0.3) is 0 Å². The van der Waals surface area contributed by atoms with Crippen molar-refractivity contribution in [3.63, 3.8) is 0 Å². The molecule has 0 N–H and O–H groups in total. The Balaban J connectivity index is 0. The first-order valence-corrected chi connectivity index (χ1v) is 8.15. The van der Waals surface area contributed by atoms with Gasteiger partial charge in [-0.15, -0.1) is 0 Å². The molecule has 0 saturated carbocycles. The Labute approximate surface area is 128 Å². The number of hydrogen-bond donors (Lipinski definition) is 0. The molecular formula is C16H40N4. The Hall–Kier alpha value is -0.160. The molecule has 0 radical (unpaired) electrons. The average Bonchev–Trinajstić information content (AvgIpc) is 2.42. The summed E-state index contributed by atoms with van der Waals surface area (Å²) in [7, 11) is 8.35. The highest BCUT2D eigenvalue weighted by atomic mass is 15.2. The quantitative estimate of drug-likeness (QED) is 0.607. The summed E-state index contributed by atoms with van der Waals surface area (Å²) < 4.78 is 0. The molecule has 124 valence electrons. The van der Waals surface area contributed by atoms with E-state index in [4.69, 9.17) is 0 Å². The SMILES string of the molecule is CCN(CC)CCN(CC)CC.CN(C)CCN(C)C. The summed E-state index contributed by atoms with van der Waals surface area (Å²) in [5.41, 5.74) is 0. The van der Waals surface area contributed by atoms with Crippen LogP contribution in [0.3, 0.4) is 0 Å². The third kappa shape index (κ3) is 15.9. The van der Waals surface area contributed by atoms with Gasteiger partial charge in [-0.2, -0.15) is 0 Å². The number of nitrogens with zero attached hydrogens (tertiary/aromatic N) is 4. The molecule has 0 aromatic heterocycles. The summed E-state index contributed by atoms with van der Waals surface area (Å²) in [6.07, 6.45) is 0. The van der Waals surface area contributed by atoms with Crippen molar-refractivity contribution in [3.05, 3.63) is 0 Å². The van der Waals surface area contributed by atoms with E-state index in [0.29, 0.717) is 0 Å². The lowest BCUT2D eigenvalue weighted by molar-refractivity contribution is 0.227. The molecule has 0 fully saturated rings. The number of likely N-dealkylation sites (N-methyl/N-ethyl adjacent to an activating group) is 4. The summed E-state index contributed by atoms with van der Waals surface area (Å²) in [6.45, 7) is 18.4. The Bertz CT molecular complexity index is 155. The fourth-order valence-corrected chi connectivity index (χ4v) is 1.76. The normalized spacial score (nSPS) is 11.4. The standard InChI is InChI=1S/C10H24N2.C6H16N2/c1-5-11(6-2)9-10-12(7-3)8-4;1-7(2)5-6-8(3)4/h5-10H2,1-4H3;5-6H2,1-4H3. The molecule has 0 aliphatic rings. The molecule has 0 heterocycles. The van der Waals surface area contributed by atoms with E-state index in [1.54, 1.807) is 0 Å². The van der Waals surface area contributed by atoms with Crippen molar-refractivity contribution in [2.45, 2.75) is 27.7 Å². The molecule has 4 nitrogen and oxygen atoms in total. The molecule has 20 heavy (non-hydrogen) atoms. The lowest BCUT2D eigenvalue weighted by atomic mass is 10.4. The van der Waals surface area contributed by atoms with Crippen molar-refractivity contribution in [1.29, 1.82) is 0 Å². The van der Waals surface area contributed by atoms with E-state index < -0.39 is 0 Å². The molecule has 0 atom stereocenters. The van der Waals surface area contributed by atoms with E-state index in [2.05, 4.69) is 75.5 Å². The Morgan fingerprint density at radius 2 is 0.700 bits per heavy atom. The van der Waals surface area contributed by atoms with Gasteiger partial charge in [-0.05, 0) is 54.4 Å². The third-order valence-corrected chi connectivity index (χ3v) is 3.52. The fraction of sp³-hybridized carbons (Fsp3) is 1.00. The summed E-state index contributed by atoms with van der Waals surface area (Å²) in [5, 5.41) is 0. The van der Waals surface area contributed by atoms with Gasteiger partial charge in [0.05, 0.1) is 0 Å². The first kappa shape index (κ1) is 22.1. The Morgan fingerprint density at radius 3 is 0.850 bits per heavy atom. The van der Waals surface area contributed by atoms with Crippen LogP contribution < -0.4 is 0 Å². The smallest absolute Gasteiger partial charge is 0.0109 e. The van der Waals surface area contributed by atoms with Crippen molar-refractivity contribution in [1.82, 2.24) is 19.6 Å². The zero-order valence-electron chi connectivity index (χ0n) is 15.4. The van der Waals surface area contributed by atoms with Crippen molar-refractivity contribution in [3.8, 4) is 0 Å². The molecular weight excluding hydrogens is 248 g/mol. The predicted molar refractivity (Wildman–Crippen MR) is 92.7 cm³/mol. The second kappa shape index (κ2) is 15.2. The lowest BCUT2D eigenvalue weighted by Gasteiger charge is -2.23. The molecule has 0 spiro atoms. The largest absolute Gasteiger partial charge is 0.308 e. The Morgan fingerprint density at radius 1 is 0.450 bits per heavy atom. The fourth-order valence-electron chi connectivity index (χ4n) is 1.76. The molecule has 0 rings (SSSR count). The summed E-state index contributed by atoms with van der Waals surface area (Å²) in [5.74, 6) is 0. The zero-order chi connectivity index (χ0) is 16.0. The lowest BCUT2D eigenvalue weighted by Crippen LogP contribution is -2.34. The summed E-state index contributed by atoms with van der Waals surface area (Å²) in [4.78, 5) is 9.30. The van der Waals surface area contributed by atoms with Gasteiger partial charge in [0.25, 0.3) is 0 Å². The molecule has 0 aromatic carbocycles. The van der Waals surface area contributed by atoms with Crippen molar-refractivity contribution < 1.29 is 0 Å².